The normalized spacial score (nSPS) is 18.3. The third-order valence-electron chi connectivity index (χ3n) is 5.50. The van der Waals surface area contributed by atoms with Crippen LogP contribution in [0.25, 0.3) is 0 Å². The number of fused-ring (bicyclic) bond motifs is 2. The minimum Gasteiger partial charge on any atom is -0.486 e. The molecular weight excluding hydrogens is 386 g/mol. The Balaban J connectivity index is 1.09. The summed E-state index contributed by atoms with van der Waals surface area (Å²) in [5.41, 5.74) is 1.94. The number of hydrogen-bond acceptors (Lipinski definition) is 7. The Morgan fingerprint density at radius 1 is 0.800 bits per heavy atom. The van der Waals surface area contributed by atoms with Crippen LogP contribution in [0.15, 0.2) is 36.4 Å². The number of benzene rings is 2. The van der Waals surface area contributed by atoms with E-state index >= 15 is 0 Å². The van der Waals surface area contributed by atoms with E-state index < -0.39 is 0 Å². The van der Waals surface area contributed by atoms with Crippen molar-refractivity contribution < 1.29 is 23.7 Å². The van der Waals surface area contributed by atoms with Crippen LogP contribution in [0.3, 0.4) is 0 Å². The maximum absolute atomic E-state index is 12.5. The van der Waals surface area contributed by atoms with Crippen molar-refractivity contribution in [3.05, 3.63) is 42.0 Å². The van der Waals surface area contributed by atoms with Gasteiger partial charge in [0.25, 0.3) is 0 Å². The lowest BCUT2D eigenvalue weighted by molar-refractivity contribution is -0.117. The SMILES string of the molecule is O=C(CN1CCN(Cc2ccc3c(c2)OCO3)CC1)Nc1ccc2c(c1)OCCO2. The highest BCUT2D eigenvalue weighted by atomic mass is 16.7. The average Bonchev–Trinajstić information content (AvgIpc) is 3.23. The maximum Gasteiger partial charge on any atom is 0.238 e. The zero-order valence-electron chi connectivity index (χ0n) is 16.8. The second kappa shape index (κ2) is 8.41. The fourth-order valence-corrected chi connectivity index (χ4v) is 3.93. The Labute approximate surface area is 175 Å². The molecule has 0 bridgehead atoms. The lowest BCUT2D eigenvalue weighted by Crippen LogP contribution is -2.48. The lowest BCUT2D eigenvalue weighted by Gasteiger charge is -2.34. The van der Waals surface area contributed by atoms with E-state index in [2.05, 4.69) is 27.2 Å². The standard InChI is InChI=1S/C22H25N3O5/c26-22(23-17-2-4-18-21(12-17)28-10-9-27-18)14-25-7-5-24(6-8-25)13-16-1-3-19-20(11-16)30-15-29-19/h1-4,11-12H,5-10,13-15H2,(H,23,26). The minimum absolute atomic E-state index is 0.0177. The molecule has 0 saturated carbocycles. The number of nitrogens with zero attached hydrogens (tertiary/aromatic N) is 2. The second-order valence-corrected chi connectivity index (χ2v) is 7.65. The van der Waals surface area contributed by atoms with Crippen molar-refractivity contribution in [1.82, 2.24) is 9.80 Å². The number of ether oxygens (including phenoxy) is 4. The first kappa shape index (κ1) is 19.0. The van der Waals surface area contributed by atoms with Crippen molar-refractivity contribution in [2.75, 3.05) is 58.0 Å². The van der Waals surface area contributed by atoms with E-state index in [1.54, 1.807) is 0 Å². The molecule has 5 rings (SSSR count). The number of carbonyl (C=O) groups is 1. The van der Waals surface area contributed by atoms with Gasteiger partial charge in [0.1, 0.15) is 13.2 Å². The summed E-state index contributed by atoms with van der Waals surface area (Å²) in [5, 5.41) is 2.96. The maximum atomic E-state index is 12.5. The molecule has 30 heavy (non-hydrogen) atoms. The fraction of sp³-hybridized carbons (Fsp3) is 0.409. The van der Waals surface area contributed by atoms with E-state index in [4.69, 9.17) is 18.9 Å². The van der Waals surface area contributed by atoms with Crippen molar-refractivity contribution in [1.29, 1.82) is 0 Å². The van der Waals surface area contributed by atoms with Crippen LogP contribution in [-0.4, -0.2) is 68.4 Å². The second-order valence-electron chi connectivity index (χ2n) is 7.65. The average molecular weight is 411 g/mol. The molecule has 3 heterocycles. The van der Waals surface area contributed by atoms with Gasteiger partial charge in [0.2, 0.25) is 12.7 Å². The summed E-state index contributed by atoms with van der Waals surface area (Å²) in [6.07, 6.45) is 0. The molecule has 0 aliphatic carbocycles. The molecule has 0 radical (unpaired) electrons. The zero-order chi connectivity index (χ0) is 20.3. The highest BCUT2D eigenvalue weighted by Gasteiger charge is 2.21. The molecule has 2 aromatic rings. The molecular formula is C22H25N3O5. The third kappa shape index (κ3) is 4.29. The monoisotopic (exact) mass is 411 g/mol. The Hall–Kier alpha value is -2.97. The predicted octanol–water partition coefficient (Wildman–Crippen LogP) is 1.94. The zero-order valence-corrected chi connectivity index (χ0v) is 16.8. The third-order valence-corrected chi connectivity index (χ3v) is 5.50. The molecule has 2 aromatic carbocycles. The molecule has 1 amide bonds. The smallest absolute Gasteiger partial charge is 0.238 e. The van der Waals surface area contributed by atoms with Gasteiger partial charge in [-0.15, -0.1) is 0 Å². The molecule has 8 heteroatoms. The van der Waals surface area contributed by atoms with Crippen molar-refractivity contribution in [2.45, 2.75) is 6.54 Å². The van der Waals surface area contributed by atoms with E-state index in [9.17, 15) is 4.79 Å². The van der Waals surface area contributed by atoms with Crippen molar-refractivity contribution >= 4 is 11.6 Å². The lowest BCUT2D eigenvalue weighted by atomic mass is 10.1. The molecule has 1 saturated heterocycles. The number of carbonyl (C=O) groups excluding carboxylic acids is 1. The summed E-state index contributed by atoms with van der Waals surface area (Å²) in [6.45, 7) is 6.20. The highest BCUT2D eigenvalue weighted by molar-refractivity contribution is 5.92. The molecule has 1 N–H and O–H groups in total. The molecule has 0 atom stereocenters. The Kier molecular flexibility index (Phi) is 5.33. The van der Waals surface area contributed by atoms with E-state index in [-0.39, 0.29) is 5.91 Å². The van der Waals surface area contributed by atoms with Crippen LogP contribution in [0.2, 0.25) is 0 Å². The van der Waals surface area contributed by atoms with Gasteiger partial charge < -0.3 is 24.3 Å². The van der Waals surface area contributed by atoms with E-state index in [0.717, 1.165) is 55.7 Å². The quantitative estimate of drug-likeness (QED) is 0.806. The number of piperazine rings is 1. The van der Waals surface area contributed by atoms with Crippen LogP contribution >= 0.6 is 0 Å². The van der Waals surface area contributed by atoms with Gasteiger partial charge in [0, 0.05) is 44.5 Å². The van der Waals surface area contributed by atoms with E-state index in [1.165, 1.54) is 5.56 Å². The van der Waals surface area contributed by atoms with Crippen LogP contribution in [0, 0.1) is 0 Å². The van der Waals surface area contributed by atoms with Gasteiger partial charge >= 0.3 is 0 Å². The minimum atomic E-state index is -0.0177. The van der Waals surface area contributed by atoms with Gasteiger partial charge in [0.15, 0.2) is 23.0 Å². The van der Waals surface area contributed by atoms with E-state index in [1.807, 2.05) is 24.3 Å². The van der Waals surface area contributed by atoms with Gasteiger partial charge in [-0.25, -0.2) is 0 Å². The topological polar surface area (TPSA) is 72.5 Å². The Morgan fingerprint density at radius 3 is 2.33 bits per heavy atom. The van der Waals surface area contributed by atoms with Crippen LogP contribution in [0.5, 0.6) is 23.0 Å². The summed E-state index contributed by atoms with van der Waals surface area (Å²) in [6, 6.07) is 11.6. The van der Waals surface area contributed by atoms with Crippen molar-refractivity contribution in [2.24, 2.45) is 0 Å². The first-order chi connectivity index (χ1) is 14.7. The molecule has 0 aromatic heterocycles. The predicted molar refractivity (Wildman–Crippen MR) is 110 cm³/mol. The van der Waals surface area contributed by atoms with Gasteiger partial charge in [-0.2, -0.15) is 0 Å². The summed E-state index contributed by atoms with van der Waals surface area (Å²) in [7, 11) is 0. The Morgan fingerprint density at radius 2 is 1.47 bits per heavy atom. The summed E-state index contributed by atoms with van der Waals surface area (Å²) < 4.78 is 21.9. The van der Waals surface area contributed by atoms with Gasteiger partial charge in [-0.3, -0.25) is 14.6 Å². The van der Waals surface area contributed by atoms with Gasteiger partial charge in [-0.1, -0.05) is 6.07 Å². The first-order valence-corrected chi connectivity index (χ1v) is 10.3. The Bertz CT molecular complexity index is 927. The van der Waals surface area contributed by atoms with E-state index in [0.29, 0.717) is 32.3 Å². The van der Waals surface area contributed by atoms with Crippen LogP contribution in [-0.2, 0) is 11.3 Å². The van der Waals surface area contributed by atoms with Crippen LogP contribution < -0.4 is 24.3 Å². The molecule has 8 nitrogen and oxygen atoms in total. The molecule has 3 aliphatic heterocycles. The van der Waals surface area contributed by atoms with Crippen molar-refractivity contribution in [3.8, 4) is 23.0 Å². The molecule has 158 valence electrons. The summed E-state index contributed by atoms with van der Waals surface area (Å²) in [5.74, 6) is 3.01. The van der Waals surface area contributed by atoms with Gasteiger partial charge in [0.05, 0.1) is 6.54 Å². The number of hydrogen-bond donors (Lipinski definition) is 1. The molecule has 1 fully saturated rings. The van der Waals surface area contributed by atoms with Crippen molar-refractivity contribution in [3.63, 3.8) is 0 Å². The van der Waals surface area contributed by atoms with Gasteiger partial charge in [-0.05, 0) is 29.8 Å². The number of amides is 1. The van der Waals surface area contributed by atoms with Crippen LogP contribution in [0.4, 0.5) is 5.69 Å². The van der Waals surface area contributed by atoms with Crippen LogP contribution in [0.1, 0.15) is 5.56 Å². The summed E-state index contributed by atoms with van der Waals surface area (Å²) >= 11 is 0. The fourth-order valence-electron chi connectivity index (χ4n) is 3.93. The molecule has 0 spiro atoms. The number of nitrogens with one attached hydrogen (secondary N) is 1. The number of rotatable bonds is 5. The largest absolute Gasteiger partial charge is 0.486 e. The molecule has 3 aliphatic rings. The molecule has 0 unspecified atom stereocenters. The summed E-state index contributed by atoms with van der Waals surface area (Å²) in [4.78, 5) is 17.0. The first-order valence-electron chi connectivity index (χ1n) is 10.3. The highest BCUT2D eigenvalue weighted by Crippen LogP contribution is 2.33. The number of anilines is 1.